The quantitative estimate of drug-likeness (QED) is 0.208. The Labute approximate surface area is 229 Å². The molecule has 3 aromatic rings. The van der Waals surface area contributed by atoms with Crippen molar-refractivity contribution in [2.75, 3.05) is 12.0 Å². The van der Waals surface area contributed by atoms with Crippen LogP contribution in [-0.2, 0) is 16.2 Å². The highest BCUT2D eigenvalue weighted by Crippen LogP contribution is 2.36. The fraction of sp³-hybridized carbons (Fsp3) is 0.0800. The second-order valence-electron chi connectivity index (χ2n) is 7.53. The minimum atomic E-state index is -0.885. The Morgan fingerprint density at radius 2 is 1.78 bits per heavy atom. The molecule has 8 nitrogen and oxygen atoms in total. The Balaban J connectivity index is 1.64. The van der Waals surface area contributed by atoms with Gasteiger partial charge in [0.25, 0.3) is 11.8 Å². The highest BCUT2D eigenvalue weighted by atomic mass is 127. The number of rotatable bonds is 6. The zero-order valence-electron chi connectivity index (χ0n) is 18.6. The van der Waals surface area contributed by atoms with Gasteiger partial charge in [-0.15, -0.1) is 0 Å². The van der Waals surface area contributed by atoms with Crippen LogP contribution in [0.25, 0.3) is 6.08 Å². The van der Waals surface area contributed by atoms with E-state index in [1.807, 2.05) is 0 Å². The van der Waals surface area contributed by atoms with E-state index in [-0.39, 0.29) is 23.6 Å². The summed E-state index contributed by atoms with van der Waals surface area (Å²) in [6, 6.07) is 13.0. The maximum absolute atomic E-state index is 13.1. The van der Waals surface area contributed by atoms with Crippen molar-refractivity contribution >= 4 is 75.4 Å². The van der Waals surface area contributed by atoms with Gasteiger partial charge in [0.1, 0.15) is 17.9 Å². The number of amides is 4. The highest BCUT2D eigenvalue weighted by Gasteiger charge is 2.36. The molecule has 1 heterocycles. The third-order valence-electron chi connectivity index (χ3n) is 5.16. The third kappa shape index (κ3) is 5.43. The van der Waals surface area contributed by atoms with Crippen LogP contribution in [0.1, 0.15) is 11.1 Å². The standard InChI is InChI=1S/C25H17Cl2IN2O6/c1-35-21-10-13(9-20(28)22(21)36-12-14-2-3-15(26)11-19(14)27)8-18-23(32)29-25(34)30(24(18)33)16-4-6-17(31)7-5-16/h2-11,31H,12H2,1H3,(H,29,32,34)/b18-8+. The van der Waals surface area contributed by atoms with E-state index < -0.39 is 17.8 Å². The molecule has 4 rings (SSSR count). The number of anilines is 1. The fourth-order valence-corrected chi connectivity index (χ4v) is 4.66. The van der Waals surface area contributed by atoms with Crippen LogP contribution in [-0.4, -0.2) is 30.1 Å². The van der Waals surface area contributed by atoms with Gasteiger partial charge < -0.3 is 14.6 Å². The summed E-state index contributed by atoms with van der Waals surface area (Å²) < 4.78 is 12.1. The van der Waals surface area contributed by atoms with Gasteiger partial charge in [0, 0.05) is 15.6 Å². The van der Waals surface area contributed by atoms with Crippen LogP contribution in [0.5, 0.6) is 17.2 Å². The number of imide groups is 2. The third-order valence-corrected chi connectivity index (χ3v) is 6.55. The number of phenols is 1. The molecule has 1 saturated heterocycles. The minimum absolute atomic E-state index is 0.0298. The summed E-state index contributed by atoms with van der Waals surface area (Å²) in [6.45, 7) is 0.160. The van der Waals surface area contributed by atoms with E-state index in [0.29, 0.717) is 30.7 Å². The summed E-state index contributed by atoms with van der Waals surface area (Å²) in [6.07, 6.45) is 1.36. The number of carbonyl (C=O) groups is 3. The molecule has 0 bridgehead atoms. The lowest BCUT2D eigenvalue weighted by atomic mass is 10.1. The summed E-state index contributed by atoms with van der Waals surface area (Å²) in [5, 5.41) is 12.6. The number of aromatic hydroxyl groups is 1. The number of urea groups is 1. The monoisotopic (exact) mass is 638 g/mol. The van der Waals surface area contributed by atoms with Crippen molar-refractivity contribution in [1.82, 2.24) is 5.32 Å². The number of methoxy groups -OCH3 is 1. The number of carbonyl (C=O) groups excluding carboxylic acids is 3. The Hall–Kier alpha value is -3.28. The van der Waals surface area contributed by atoms with Crippen molar-refractivity contribution in [2.45, 2.75) is 6.61 Å². The molecule has 4 amide bonds. The maximum atomic E-state index is 13.1. The SMILES string of the molecule is COc1cc(/C=C2\C(=O)NC(=O)N(c3ccc(O)cc3)C2=O)cc(I)c1OCc1ccc(Cl)cc1Cl. The second-order valence-corrected chi connectivity index (χ2v) is 9.54. The van der Waals surface area contributed by atoms with Gasteiger partial charge in [-0.25, -0.2) is 9.69 Å². The summed E-state index contributed by atoms with van der Waals surface area (Å²) >= 11 is 14.2. The van der Waals surface area contributed by atoms with Crippen LogP contribution in [0.2, 0.25) is 10.0 Å². The molecule has 184 valence electrons. The van der Waals surface area contributed by atoms with Crippen molar-refractivity contribution in [3.05, 3.63) is 84.9 Å². The van der Waals surface area contributed by atoms with Gasteiger partial charge in [-0.05, 0) is 82.8 Å². The second kappa shape index (κ2) is 10.8. The van der Waals surface area contributed by atoms with Crippen LogP contribution >= 0.6 is 45.8 Å². The summed E-state index contributed by atoms with van der Waals surface area (Å²) in [4.78, 5) is 38.8. The molecule has 11 heteroatoms. The molecule has 1 fully saturated rings. The molecule has 0 radical (unpaired) electrons. The minimum Gasteiger partial charge on any atom is -0.508 e. The van der Waals surface area contributed by atoms with Crippen LogP contribution in [0, 0.1) is 3.57 Å². The van der Waals surface area contributed by atoms with Crippen LogP contribution in [0.4, 0.5) is 10.5 Å². The molecule has 2 N–H and O–H groups in total. The van der Waals surface area contributed by atoms with Crippen LogP contribution in [0.3, 0.4) is 0 Å². The van der Waals surface area contributed by atoms with Crippen molar-refractivity contribution < 1.29 is 29.0 Å². The lowest BCUT2D eigenvalue weighted by molar-refractivity contribution is -0.122. The first-order valence-electron chi connectivity index (χ1n) is 10.3. The number of benzene rings is 3. The molecule has 1 aliphatic heterocycles. The van der Waals surface area contributed by atoms with E-state index in [1.165, 1.54) is 37.5 Å². The van der Waals surface area contributed by atoms with Gasteiger partial charge in [-0.1, -0.05) is 29.3 Å². The van der Waals surface area contributed by atoms with Gasteiger partial charge in [0.05, 0.1) is 16.4 Å². The molecule has 1 aliphatic rings. The number of phenolic OH excluding ortho intramolecular Hbond substituents is 1. The topological polar surface area (TPSA) is 105 Å². The number of nitrogens with zero attached hydrogens (tertiary/aromatic N) is 1. The molecular weight excluding hydrogens is 622 g/mol. The molecule has 0 aliphatic carbocycles. The molecule has 0 aromatic heterocycles. The first kappa shape index (κ1) is 25.8. The Morgan fingerprint density at radius 1 is 1.06 bits per heavy atom. The van der Waals surface area contributed by atoms with E-state index in [0.717, 1.165) is 10.5 Å². The first-order chi connectivity index (χ1) is 17.2. The van der Waals surface area contributed by atoms with Crippen LogP contribution in [0.15, 0.2) is 60.2 Å². The molecule has 0 saturated carbocycles. The van der Waals surface area contributed by atoms with Crippen molar-refractivity contribution in [3.63, 3.8) is 0 Å². The average molecular weight is 639 g/mol. The average Bonchev–Trinajstić information content (AvgIpc) is 2.83. The number of nitrogens with one attached hydrogen (secondary N) is 1. The van der Waals surface area contributed by atoms with Gasteiger partial charge in [0.15, 0.2) is 11.5 Å². The number of barbiturate groups is 1. The van der Waals surface area contributed by atoms with E-state index in [2.05, 4.69) is 27.9 Å². The number of ether oxygens (including phenoxy) is 2. The molecule has 0 unspecified atom stereocenters. The van der Waals surface area contributed by atoms with Gasteiger partial charge in [0.2, 0.25) is 0 Å². The van der Waals surface area contributed by atoms with E-state index in [4.69, 9.17) is 32.7 Å². The Bertz CT molecular complexity index is 1410. The van der Waals surface area contributed by atoms with Gasteiger partial charge >= 0.3 is 6.03 Å². The molecule has 36 heavy (non-hydrogen) atoms. The number of hydrogen-bond acceptors (Lipinski definition) is 6. The van der Waals surface area contributed by atoms with Crippen LogP contribution < -0.4 is 19.7 Å². The van der Waals surface area contributed by atoms with Crippen molar-refractivity contribution in [2.24, 2.45) is 0 Å². The Morgan fingerprint density at radius 3 is 2.44 bits per heavy atom. The Kier molecular flexibility index (Phi) is 7.72. The van der Waals surface area contributed by atoms with Crippen molar-refractivity contribution in [3.8, 4) is 17.2 Å². The van der Waals surface area contributed by atoms with Crippen molar-refractivity contribution in [1.29, 1.82) is 0 Å². The summed E-state index contributed by atoms with van der Waals surface area (Å²) in [5.74, 6) is -0.842. The molecule has 0 spiro atoms. The molecule has 0 atom stereocenters. The largest absolute Gasteiger partial charge is 0.508 e. The normalized spacial score (nSPS) is 14.7. The zero-order valence-corrected chi connectivity index (χ0v) is 22.2. The van der Waals surface area contributed by atoms with E-state index in [9.17, 15) is 19.5 Å². The van der Waals surface area contributed by atoms with Gasteiger partial charge in [-0.3, -0.25) is 14.9 Å². The smallest absolute Gasteiger partial charge is 0.335 e. The van der Waals surface area contributed by atoms with E-state index in [1.54, 1.807) is 30.3 Å². The number of halogens is 3. The predicted molar refractivity (Wildman–Crippen MR) is 144 cm³/mol. The van der Waals surface area contributed by atoms with E-state index >= 15 is 0 Å². The highest BCUT2D eigenvalue weighted by molar-refractivity contribution is 14.1. The lowest BCUT2D eigenvalue weighted by Gasteiger charge is -2.26. The predicted octanol–water partition coefficient (Wildman–Crippen LogP) is 5.56. The van der Waals surface area contributed by atoms with Gasteiger partial charge in [-0.2, -0.15) is 0 Å². The fourth-order valence-electron chi connectivity index (χ4n) is 3.41. The lowest BCUT2D eigenvalue weighted by Crippen LogP contribution is -2.54. The number of hydrogen-bond donors (Lipinski definition) is 2. The summed E-state index contributed by atoms with van der Waals surface area (Å²) in [5.41, 5.74) is 1.16. The maximum Gasteiger partial charge on any atom is 0.335 e. The molecular formula is C25H17Cl2IN2O6. The first-order valence-corrected chi connectivity index (χ1v) is 12.2. The zero-order chi connectivity index (χ0) is 26.0. The summed E-state index contributed by atoms with van der Waals surface area (Å²) in [7, 11) is 1.47. The molecule has 3 aromatic carbocycles.